The fourth-order valence-electron chi connectivity index (χ4n) is 3.10. The molecule has 0 bridgehead atoms. The molecule has 0 unspecified atom stereocenters. The first-order valence-corrected chi connectivity index (χ1v) is 11.6. The van der Waals surface area contributed by atoms with Crippen LogP contribution in [0, 0.1) is 6.92 Å². The highest BCUT2D eigenvalue weighted by molar-refractivity contribution is 7.92. The van der Waals surface area contributed by atoms with Gasteiger partial charge in [-0.3, -0.25) is 13.9 Å². The summed E-state index contributed by atoms with van der Waals surface area (Å²) >= 11 is 0. The van der Waals surface area contributed by atoms with Crippen molar-refractivity contribution in [3.8, 4) is 0 Å². The van der Waals surface area contributed by atoms with E-state index < -0.39 is 22.0 Å². The molecule has 2 amide bonds. The minimum atomic E-state index is -3.69. The largest absolute Gasteiger partial charge is 0.357 e. The van der Waals surface area contributed by atoms with Crippen molar-refractivity contribution in [3.05, 3.63) is 65.7 Å². The molecule has 0 aliphatic carbocycles. The Hall–Kier alpha value is -2.87. The number of nitrogens with zero attached hydrogens (tertiary/aromatic N) is 2. The van der Waals surface area contributed by atoms with Gasteiger partial charge >= 0.3 is 0 Å². The van der Waals surface area contributed by atoms with Gasteiger partial charge in [0.25, 0.3) is 0 Å². The number of anilines is 1. The van der Waals surface area contributed by atoms with Crippen LogP contribution in [0.5, 0.6) is 0 Å². The highest BCUT2D eigenvalue weighted by atomic mass is 32.2. The Balaban J connectivity index is 2.27. The summed E-state index contributed by atoms with van der Waals surface area (Å²) in [6, 6.07) is 15.8. The van der Waals surface area contributed by atoms with Crippen molar-refractivity contribution < 1.29 is 18.0 Å². The molecule has 0 aromatic heterocycles. The highest BCUT2D eigenvalue weighted by Gasteiger charge is 2.29. The number of hydrogen-bond donors (Lipinski definition) is 1. The second kappa shape index (κ2) is 10.2. The predicted molar refractivity (Wildman–Crippen MR) is 119 cm³/mol. The summed E-state index contributed by atoms with van der Waals surface area (Å²) in [7, 11) is -2.19. The van der Waals surface area contributed by atoms with Crippen LogP contribution in [-0.4, -0.2) is 57.6 Å². The lowest BCUT2D eigenvalue weighted by molar-refractivity contribution is -0.138. The van der Waals surface area contributed by atoms with Crippen LogP contribution in [0.4, 0.5) is 5.69 Å². The summed E-state index contributed by atoms with van der Waals surface area (Å²) in [5, 5.41) is 2.56. The second-order valence-corrected chi connectivity index (χ2v) is 9.12. The van der Waals surface area contributed by atoms with Gasteiger partial charge in [-0.1, -0.05) is 48.0 Å². The third kappa shape index (κ3) is 6.32. The predicted octanol–water partition coefficient (Wildman–Crippen LogP) is 1.97. The minimum Gasteiger partial charge on any atom is -0.357 e. The molecule has 30 heavy (non-hydrogen) atoms. The number of sulfonamides is 1. The number of rotatable bonds is 9. The topological polar surface area (TPSA) is 86.8 Å². The molecule has 0 radical (unpaired) electrons. The number of benzene rings is 2. The van der Waals surface area contributed by atoms with Crippen LogP contribution in [0.25, 0.3) is 0 Å². The Morgan fingerprint density at radius 3 is 2.17 bits per heavy atom. The van der Waals surface area contributed by atoms with Gasteiger partial charge in [0.2, 0.25) is 21.8 Å². The standard InChI is InChI=1S/C22H29N3O4S/c1-17-10-12-20(13-11-17)25(30(4,28)29)16-21(26)24(18(2)22(27)23-3)15-14-19-8-6-5-7-9-19/h5-13,18H,14-16H2,1-4H3,(H,23,27)/t18-/m1/s1. The first-order chi connectivity index (χ1) is 14.1. The zero-order chi connectivity index (χ0) is 22.3. The van der Waals surface area contributed by atoms with Crippen LogP contribution in [0.3, 0.4) is 0 Å². The van der Waals surface area contributed by atoms with E-state index in [1.807, 2.05) is 37.3 Å². The van der Waals surface area contributed by atoms with E-state index >= 15 is 0 Å². The number of aryl methyl sites for hydroxylation is 1. The van der Waals surface area contributed by atoms with E-state index in [-0.39, 0.29) is 12.5 Å². The Bertz CT molecular complexity index is 960. The van der Waals surface area contributed by atoms with Crippen LogP contribution in [-0.2, 0) is 26.0 Å². The van der Waals surface area contributed by atoms with Crippen molar-refractivity contribution in [2.24, 2.45) is 0 Å². The van der Waals surface area contributed by atoms with E-state index in [1.165, 1.54) is 11.9 Å². The monoisotopic (exact) mass is 431 g/mol. The highest BCUT2D eigenvalue weighted by Crippen LogP contribution is 2.19. The summed E-state index contributed by atoms with van der Waals surface area (Å²) in [5.41, 5.74) is 2.42. The average molecular weight is 432 g/mol. The molecular weight excluding hydrogens is 402 g/mol. The lowest BCUT2D eigenvalue weighted by Gasteiger charge is -2.31. The van der Waals surface area contributed by atoms with E-state index in [4.69, 9.17) is 0 Å². The molecule has 8 heteroatoms. The molecular formula is C22H29N3O4S. The molecule has 0 aliphatic heterocycles. The van der Waals surface area contributed by atoms with Gasteiger partial charge in [-0.25, -0.2) is 8.42 Å². The van der Waals surface area contributed by atoms with E-state index in [2.05, 4.69) is 5.32 Å². The van der Waals surface area contributed by atoms with Crippen molar-refractivity contribution in [1.29, 1.82) is 0 Å². The maximum absolute atomic E-state index is 13.2. The maximum atomic E-state index is 13.2. The molecule has 0 spiro atoms. The number of hydrogen-bond acceptors (Lipinski definition) is 4. The van der Waals surface area contributed by atoms with Crippen molar-refractivity contribution in [3.63, 3.8) is 0 Å². The van der Waals surface area contributed by atoms with E-state index in [0.717, 1.165) is 21.7 Å². The molecule has 1 atom stereocenters. The third-order valence-electron chi connectivity index (χ3n) is 4.90. The molecule has 2 aromatic carbocycles. The van der Waals surface area contributed by atoms with Crippen molar-refractivity contribution >= 4 is 27.5 Å². The van der Waals surface area contributed by atoms with Gasteiger partial charge in [0, 0.05) is 13.6 Å². The van der Waals surface area contributed by atoms with Crippen LogP contribution in [0.1, 0.15) is 18.1 Å². The SMILES string of the molecule is CNC(=O)[C@@H](C)N(CCc1ccccc1)C(=O)CN(c1ccc(C)cc1)S(C)(=O)=O. The summed E-state index contributed by atoms with van der Waals surface area (Å²) < 4.78 is 25.9. The molecule has 2 aromatic rings. The maximum Gasteiger partial charge on any atom is 0.244 e. The summed E-state index contributed by atoms with van der Waals surface area (Å²) in [4.78, 5) is 26.8. The second-order valence-electron chi connectivity index (χ2n) is 7.22. The lowest BCUT2D eigenvalue weighted by Crippen LogP contribution is -2.51. The van der Waals surface area contributed by atoms with E-state index in [9.17, 15) is 18.0 Å². The summed E-state index contributed by atoms with van der Waals surface area (Å²) in [6.45, 7) is 3.45. The zero-order valence-electron chi connectivity index (χ0n) is 17.8. The smallest absolute Gasteiger partial charge is 0.244 e. The minimum absolute atomic E-state index is 0.295. The third-order valence-corrected chi connectivity index (χ3v) is 6.04. The first kappa shape index (κ1) is 23.4. The van der Waals surface area contributed by atoms with Gasteiger partial charge in [-0.05, 0) is 38.0 Å². The van der Waals surface area contributed by atoms with Gasteiger partial charge in [-0.2, -0.15) is 0 Å². The molecule has 2 rings (SSSR count). The van der Waals surface area contributed by atoms with Crippen LogP contribution < -0.4 is 9.62 Å². The first-order valence-electron chi connectivity index (χ1n) is 9.73. The fourth-order valence-corrected chi connectivity index (χ4v) is 3.95. The van der Waals surface area contributed by atoms with Crippen molar-refractivity contribution in [2.75, 3.05) is 30.7 Å². The number of carbonyl (C=O) groups excluding carboxylic acids is 2. The van der Waals surface area contributed by atoms with Gasteiger partial charge < -0.3 is 10.2 Å². The number of amides is 2. The van der Waals surface area contributed by atoms with Crippen LogP contribution in [0.15, 0.2) is 54.6 Å². The molecule has 0 fully saturated rings. The normalized spacial score (nSPS) is 12.1. The molecule has 0 saturated heterocycles. The molecule has 1 N–H and O–H groups in total. The molecule has 0 saturated carbocycles. The fraction of sp³-hybridized carbons (Fsp3) is 0.364. The van der Waals surface area contributed by atoms with Gasteiger partial charge in [0.1, 0.15) is 12.6 Å². The Morgan fingerprint density at radius 1 is 1.03 bits per heavy atom. The van der Waals surface area contributed by atoms with Crippen LogP contribution in [0.2, 0.25) is 0 Å². The van der Waals surface area contributed by atoms with E-state index in [1.54, 1.807) is 31.2 Å². The van der Waals surface area contributed by atoms with Gasteiger partial charge in [-0.15, -0.1) is 0 Å². The average Bonchev–Trinajstić information content (AvgIpc) is 2.72. The Morgan fingerprint density at radius 2 is 1.63 bits per heavy atom. The molecule has 0 heterocycles. The lowest BCUT2D eigenvalue weighted by atomic mass is 10.1. The van der Waals surface area contributed by atoms with Crippen molar-refractivity contribution in [1.82, 2.24) is 10.2 Å². The summed E-state index contributed by atoms with van der Waals surface area (Å²) in [5.74, 6) is -0.745. The Kier molecular flexibility index (Phi) is 8.00. The quantitative estimate of drug-likeness (QED) is 0.658. The van der Waals surface area contributed by atoms with Crippen LogP contribution >= 0.6 is 0 Å². The molecule has 7 nitrogen and oxygen atoms in total. The number of likely N-dealkylation sites (N-methyl/N-ethyl adjacent to an activating group) is 1. The van der Waals surface area contributed by atoms with Gasteiger partial charge in [0.15, 0.2) is 0 Å². The number of carbonyl (C=O) groups is 2. The van der Waals surface area contributed by atoms with Gasteiger partial charge in [0.05, 0.1) is 11.9 Å². The van der Waals surface area contributed by atoms with Crippen molar-refractivity contribution in [2.45, 2.75) is 26.3 Å². The molecule has 162 valence electrons. The summed E-state index contributed by atoms with van der Waals surface area (Å²) in [6.07, 6.45) is 1.62. The zero-order valence-corrected chi connectivity index (χ0v) is 18.6. The number of nitrogens with one attached hydrogen (secondary N) is 1. The Labute approximate surface area is 178 Å². The molecule has 0 aliphatic rings. The van der Waals surface area contributed by atoms with E-state index in [0.29, 0.717) is 18.7 Å².